The number of nitrogens with zero attached hydrogens (tertiary/aromatic N) is 6. The molecule has 6 rings (SSSR count). The fourth-order valence-electron chi connectivity index (χ4n) is 6.55. The van der Waals surface area contributed by atoms with Gasteiger partial charge in [0, 0.05) is 62.9 Å². The predicted octanol–water partition coefficient (Wildman–Crippen LogP) is 1.34. The molecule has 4 aliphatic rings. The number of anilines is 1. The second-order valence-corrected chi connectivity index (χ2v) is 13.7. The third-order valence-corrected chi connectivity index (χ3v) is 11.0. The molecule has 1 aliphatic carbocycles. The van der Waals surface area contributed by atoms with Crippen molar-refractivity contribution in [1.29, 1.82) is 0 Å². The van der Waals surface area contributed by atoms with Crippen LogP contribution in [0.2, 0.25) is 0 Å². The van der Waals surface area contributed by atoms with Gasteiger partial charge in [-0.15, -0.1) is 0 Å². The highest BCUT2D eigenvalue weighted by Crippen LogP contribution is 2.40. The lowest BCUT2D eigenvalue weighted by atomic mass is 9.99. The van der Waals surface area contributed by atoms with Crippen molar-refractivity contribution in [2.24, 2.45) is 0 Å². The summed E-state index contributed by atoms with van der Waals surface area (Å²) in [5.41, 5.74) is -2.54. The first-order chi connectivity index (χ1) is 19.5. The second-order valence-electron chi connectivity index (χ2n) is 11.8. The van der Waals surface area contributed by atoms with Gasteiger partial charge in [0.1, 0.15) is 5.65 Å². The highest BCUT2D eigenvalue weighted by Gasteiger charge is 2.43. The number of rotatable bonds is 7. The van der Waals surface area contributed by atoms with Gasteiger partial charge in [-0.05, 0) is 45.1 Å². The monoisotopic (exact) mass is 597 g/mol. The summed E-state index contributed by atoms with van der Waals surface area (Å²) in [6, 6.07) is 0.568. The lowest BCUT2D eigenvalue weighted by Crippen LogP contribution is -2.65. The minimum absolute atomic E-state index is 0.105. The number of halogens is 2. The quantitative estimate of drug-likeness (QED) is 0.485. The molecular weight excluding hydrogens is 560 g/mol. The smallest absolute Gasteiger partial charge is 0.282 e. The summed E-state index contributed by atoms with van der Waals surface area (Å²) in [6.45, 7) is 6.32. The molecule has 41 heavy (non-hydrogen) atoms. The number of aromatic nitrogens is 3. The Kier molecular flexibility index (Phi) is 7.78. The molecule has 0 aromatic carbocycles. The minimum Gasteiger partial charge on any atom is -0.388 e. The van der Waals surface area contributed by atoms with Crippen LogP contribution >= 0.6 is 0 Å². The highest BCUT2D eigenvalue weighted by molar-refractivity contribution is 7.86. The summed E-state index contributed by atoms with van der Waals surface area (Å²) < 4.78 is 63.5. The molecule has 0 spiro atoms. The number of morpholine rings is 1. The SMILES string of the molecule is C[C@@]1(O)CCC[C@H]1n1c(=O)c(C(F)F)cc2cnc(NC3CCN(S(=O)(=O)N4CC(N5CCOCC5)C4)CC3)nc21. The van der Waals surface area contributed by atoms with Gasteiger partial charge >= 0.3 is 0 Å². The van der Waals surface area contributed by atoms with E-state index in [0.717, 1.165) is 19.2 Å². The number of piperidine rings is 1. The van der Waals surface area contributed by atoms with E-state index in [1.165, 1.54) is 19.4 Å². The maximum atomic E-state index is 13.7. The second kappa shape index (κ2) is 11.1. The first-order valence-electron chi connectivity index (χ1n) is 14.3. The van der Waals surface area contributed by atoms with E-state index in [1.54, 1.807) is 6.92 Å². The Balaban J connectivity index is 1.14. The molecule has 3 aliphatic heterocycles. The van der Waals surface area contributed by atoms with Gasteiger partial charge in [-0.1, -0.05) is 0 Å². The number of nitrogens with one attached hydrogen (secondary N) is 1. The normalized spacial score (nSPS) is 28.0. The van der Waals surface area contributed by atoms with Crippen molar-refractivity contribution in [3.63, 3.8) is 0 Å². The third kappa shape index (κ3) is 5.47. The zero-order chi connectivity index (χ0) is 28.9. The fourth-order valence-corrected chi connectivity index (χ4v) is 8.27. The Hall–Kier alpha value is -2.30. The van der Waals surface area contributed by atoms with Crippen LogP contribution < -0.4 is 10.9 Å². The Morgan fingerprint density at radius 3 is 2.46 bits per heavy atom. The molecule has 2 aromatic rings. The molecule has 0 radical (unpaired) electrons. The fraction of sp³-hybridized carbons (Fsp3) is 0.731. The number of fused-ring (bicyclic) bond motifs is 1. The summed E-state index contributed by atoms with van der Waals surface area (Å²) in [6.07, 6.45) is 1.10. The van der Waals surface area contributed by atoms with Gasteiger partial charge < -0.3 is 15.2 Å². The van der Waals surface area contributed by atoms with Crippen LogP contribution in [0, 0.1) is 0 Å². The van der Waals surface area contributed by atoms with E-state index < -0.39 is 39.4 Å². The van der Waals surface area contributed by atoms with Gasteiger partial charge in [0.25, 0.3) is 22.2 Å². The van der Waals surface area contributed by atoms with Crippen molar-refractivity contribution in [2.75, 3.05) is 57.8 Å². The molecule has 1 saturated carbocycles. The average Bonchev–Trinajstić information content (AvgIpc) is 3.26. The van der Waals surface area contributed by atoms with Crippen molar-refractivity contribution in [3.05, 3.63) is 28.2 Å². The van der Waals surface area contributed by atoms with E-state index >= 15 is 0 Å². The number of hydrogen-bond donors (Lipinski definition) is 2. The Morgan fingerprint density at radius 1 is 1.12 bits per heavy atom. The van der Waals surface area contributed by atoms with Crippen molar-refractivity contribution in [1.82, 2.24) is 28.0 Å². The van der Waals surface area contributed by atoms with Crippen LogP contribution in [-0.4, -0.2) is 112 Å². The first kappa shape index (κ1) is 28.8. The zero-order valence-electron chi connectivity index (χ0n) is 23.1. The molecule has 0 unspecified atom stereocenters. The zero-order valence-corrected chi connectivity index (χ0v) is 23.9. The van der Waals surface area contributed by atoms with Crippen molar-refractivity contribution in [3.8, 4) is 0 Å². The molecule has 12 nitrogen and oxygen atoms in total. The summed E-state index contributed by atoms with van der Waals surface area (Å²) >= 11 is 0. The van der Waals surface area contributed by atoms with E-state index in [0.29, 0.717) is 76.9 Å². The molecular formula is C26H37F2N7O5S. The van der Waals surface area contributed by atoms with Crippen LogP contribution in [0.5, 0.6) is 0 Å². The number of alkyl halides is 2. The van der Waals surface area contributed by atoms with Crippen molar-refractivity contribution in [2.45, 2.75) is 69.2 Å². The molecule has 4 fully saturated rings. The van der Waals surface area contributed by atoms with Gasteiger partial charge in [-0.2, -0.15) is 22.0 Å². The maximum Gasteiger partial charge on any atom is 0.282 e. The Labute approximate surface area is 237 Å². The molecule has 5 heterocycles. The molecule has 3 saturated heterocycles. The first-order valence-corrected chi connectivity index (χ1v) is 15.7. The van der Waals surface area contributed by atoms with E-state index in [2.05, 4.69) is 20.2 Å². The summed E-state index contributed by atoms with van der Waals surface area (Å²) in [5, 5.41) is 14.4. The predicted molar refractivity (Wildman–Crippen MR) is 147 cm³/mol. The molecule has 226 valence electrons. The number of ether oxygens (including phenoxy) is 1. The van der Waals surface area contributed by atoms with Gasteiger partial charge in [0.15, 0.2) is 0 Å². The maximum absolute atomic E-state index is 13.7. The lowest BCUT2D eigenvalue weighted by molar-refractivity contribution is -0.0128. The highest BCUT2D eigenvalue weighted by atomic mass is 32.2. The van der Waals surface area contributed by atoms with Crippen molar-refractivity contribution >= 4 is 27.2 Å². The molecule has 0 bridgehead atoms. The molecule has 0 amide bonds. The van der Waals surface area contributed by atoms with E-state index in [9.17, 15) is 27.1 Å². The summed E-state index contributed by atoms with van der Waals surface area (Å²) in [4.78, 5) is 24.3. The van der Waals surface area contributed by atoms with E-state index in [-0.39, 0.29) is 23.7 Å². The molecule has 15 heteroatoms. The molecule has 2 N–H and O–H groups in total. The van der Waals surface area contributed by atoms with Gasteiger partial charge in [-0.25, -0.2) is 13.8 Å². The largest absolute Gasteiger partial charge is 0.388 e. The Morgan fingerprint density at radius 2 is 1.83 bits per heavy atom. The third-order valence-electron chi connectivity index (χ3n) is 9.06. The topological polar surface area (TPSA) is 133 Å². The summed E-state index contributed by atoms with van der Waals surface area (Å²) in [7, 11) is -3.54. The van der Waals surface area contributed by atoms with Crippen LogP contribution in [0.4, 0.5) is 14.7 Å². The van der Waals surface area contributed by atoms with Crippen LogP contribution in [0.25, 0.3) is 11.0 Å². The summed E-state index contributed by atoms with van der Waals surface area (Å²) in [5.74, 6) is 0.227. The minimum atomic E-state index is -3.54. The average molecular weight is 598 g/mol. The lowest BCUT2D eigenvalue weighted by Gasteiger charge is -2.47. The van der Waals surface area contributed by atoms with Gasteiger partial charge in [0.2, 0.25) is 5.95 Å². The van der Waals surface area contributed by atoms with Crippen LogP contribution in [0.1, 0.15) is 57.1 Å². The standard InChI is InChI=1S/C26H37F2N7O5S/c1-26(37)6-2-3-21(26)35-23-17(13-20(22(27)28)24(35)36)14-29-25(31-23)30-18-4-7-33(8-5-18)41(38,39)34-15-19(16-34)32-9-11-40-12-10-32/h13-14,18-19,21-22,37H,2-12,15-16H2,1H3,(H,29,30,31)/t21-,26-/m1/s1. The van der Waals surface area contributed by atoms with Crippen LogP contribution in [0.3, 0.4) is 0 Å². The number of pyridine rings is 1. The number of hydrogen-bond acceptors (Lipinski definition) is 9. The Bertz CT molecular complexity index is 1440. The van der Waals surface area contributed by atoms with E-state index in [4.69, 9.17) is 4.74 Å². The number of aliphatic hydroxyl groups is 1. The van der Waals surface area contributed by atoms with Gasteiger partial charge in [0.05, 0.1) is 30.4 Å². The molecule has 2 atom stereocenters. The van der Waals surface area contributed by atoms with Crippen molar-refractivity contribution < 1.29 is 27.0 Å². The molecule has 2 aromatic heterocycles. The van der Waals surface area contributed by atoms with Crippen LogP contribution in [0.15, 0.2) is 17.1 Å². The van der Waals surface area contributed by atoms with Gasteiger partial charge in [-0.3, -0.25) is 14.3 Å². The van der Waals surface area contributed by atoms with Crippen LogP contribution in [-0.2, 0) is 14.9 Å². The van der Waals surface area contributed by atoms with E-state index in [1.807, 2.05) is 0 Å².